The smallest absolute Gasteiger partial charge is 0.303 e. The predicted molar refractivity (Wildman–Crippen MR) is 82.4 cm³/mol. The number of hydrogen-bond donors (Lipinski definition) is 1. The Morgan fingerprint density at radius 1 is 1.45 bits per heavy atom. The van der Waals surface area contributed by atoms with Crippen molar-refractivity contribution in [2.45, 2.75) is 44.9 Å². The Bertz CT molecular complexity index is 600. The number of carboxylic acids is 1. The van der Waals surface area contributed by atoms with E-state index in [1.165, 1.54) is 11.3 Å². The quantitative estimate of drug-likeness (QED) is 0.701. The molecule has 114 valence electrons. The minimum absolute atomic E-state index is 0.0206. The second-order valence-electron chi connectivity index (χ2n) is 4.59. The van der Waals surface area contributed by atoms with E-state index in [1.807, 2.05) is 6.92 Å². The fourth-order valence-corrected chi connectivity index (χ4v) is 4.56. The molecule has 5 nitrogen and oxygen atoms in total. The number of hydrogen-bond acceptors (Lipinski definition) is 5. The van der Waals surface area contributed by atoms with Gasteiger partial charge in [-0.05, 0) is 25.1 Å². The van der Waals surface area contributed by atoms with Crippen LogP contribution in [0.15, 0.2) is 5.38 Å². The Labute approximate surface area is 128 Å². The van der Waals surface area contributed by atoms with Crippen molar-refractivity contribution in [2.24, 2.45) is 0 Å². The second-order valence-corrected chi connectivity index (χ2v) is 8.27. The SMILES string of the molecule is CCCCS(=O)(=O)Cc1csc(=S)n1CCCC(=O)O. The first-order chi connectivity index (χ1) is 9.35. The highest BCUT2D eigenvalue weighted by Gasteiger charge is 2.15. The average molecular weight is 337 g/mol. The van der Waals surface area contributed by atoms with E-state index in [0.29, 0.717) is 29.0 Å². The molecule has 20 heavy (non-hydrogen) atoms. The monoisotopic (exact) mass is 337 g/mol. The number of thiazole rings is 1. The highest BCUT2D eigenvalue weighted by molar-refractivity contribution is 7.90. The van der Waals surface area contributed by atoms with Crippen molar-refractivity contribution in [1.82, 2.24) is 4.57 Å². The van der Waals surface area contributed by atoms with Gasteiger partial charge in [-0.25, -0.2) is 8.42 Å². The lowest BCUT2D eigenvalue weighted by Crippen LogP contribution is -2.13. The van der Waals surface area contributed by atoms with E-state index in [4.69, 9.17) is 17.3 Å². The van der Waals surface area contributed by atoms with Gasteiger partial charge in [0.2, 0.25) is 0 Å². The lowest BCUT2D eigenvalue weighted by molar-refractivity contribution is -0.137. The van der Waals surface area contributed by atoms with E-state index < -0.39 is 15.8 Å². The van der Waals surface area contributed by atoms with Gasteiger partial charge in [0.05, 0.1) is 11.5 Å². The Balaban J connectivity index is 2.76. The third kappa shape index (κ3) is 5.72. The number of rotatable bonds is 9. The summed E-state index contributed by atoms with van der Waals surface area (Å²) in [6, 6.07) is 0. The number of carboxylic acid groups (broad SMARTS) is 1. The van der Waals surface area contributed by atoms with E-state index in [2.05, 4.69) is 0 Å². The molecule has 0 saturated carbocycles. The molecule has 0 aliphatic rings. The first-order valence-electron chi connectivity index (χ1n) is 6.45. The topological polar surface area (TPSA) is 76.4 Å². The van der Waals surface area contributed by atoms with Crippen LogP contribution in [0.4, 0.5) is 0 Å². The maximum absolute atomic E-state index is 12.0. The van der Waals surface area contributed by atoms with Crippen LogP contribution in [-0.2, 0) is 26.9 Å². The number of nitrogens with zero attached hydrogens (tertiary/aromatic N) is 1. The van der Waals surface area contributed by atoms with Crippen molar-refractivity contribution < 1.29 is 18.3 Å². The summed E-state index contributed by atoms with van der Waals surface area (Å²) in [5, 5.41) is 10.4. The van der Waals surface area contributed by atoms with Crippen LogP contribution in [0.1, 0.15) is 38.3 Å². The highest BCUT2D eigenvalue weighted by Crippen LogP contribution is 2.16. The summed E-state index contributed by atoms with van der Waals surface area (Å²) in [5.41, 5.74) is 0.668. The molecule has 1 aromatic heterocycles. The summed E-state index contributed by atoms with van der Waals surface area (Å²) in [6.07, 6.45) is 2.00. The number of sulfone groups is 1. The number of aliphatic carboxylic acids is 1. The number of unbranched alkanes of at least 4 members (excludes halogenated alkanes) is 1. The molecule has 1 heterocycles. The zero-order valence-electron chi connectivity index (χ0n) is 11.4. The normalized spacial score (nSPS) is 11.7. The van der Waals surface area contributed by atoms with Gasteiger partial charge < -0.3 is 9.67 Å². The van der Waals surface area contributed by atoms with Crippen molar-refractivity contribution in [3.63, 3.8) is 0 Å². The predicted octanol–water partition coefficient (Wildman–Crippen LogP) is 2.86. The summed E-state index contributed by atoms with van der Waals surface area (Å²) in [5.74, 6) is -0.696. The molecule has 0 amide bonds. The molecular formula is C12H19NO4S3. The molecule has 0 spiro atoms. The van der Waals surface area contributed by atoms with Crippen LogP contribution in [0.2, 0.25) is 0 Å². The van der Waals surface area contributed by atoms with Crippen LogP contribution in [0.5, 0.6) is 0 Å². The van der Waals surface area contributed by atoms with Gasteiger partial charge >= 0.3 is 5.97 Å². The molecule has 0 aromatic carbocycles. The molecular weight excluding hydrogens is 318 g/mol. The van der Waals surface area contributed by atoms with Crippen molar-refractivity contribution >= 4 is 39.4 Å². The van der Waals surface area contributed by atoms with Crippen LogP contribution < -0.4 is 0 Å². The molecule has 1 N–H and O–H groups in total. The van der Waals surface area contributed by atoms with E-state index in [-0.39, 0.29) is 17.9 Å². The zero-order chi connectivity index (χ0) is 15.2. The highest BCUT2D eigenvalue weighted by atomic mass is 32.2. The van der Waals surface area contributed by atoms with Gasteiger partial charge in [-0.2, -0.15) is 0 Å². The van der Waals surface area contributed by atoms with Crippen LogP contribution in [0, 0.1) is 3.95 Å². The van der Waals surface area contributed by atoms with Crippen LogP contribution >= 0.6 is 23.6 Å². The molecule has 0 unspecified atom stereocenters. The minimum atomic E-state index is -3.12. The Morgan fingerprint density at radius 2 is 2.15 bits per heavy atom. The molecule has 0 saturated heterocycles. The largest absolute Gasteiger partial charge is 0.481 e. The summed E-state index contributed by atoms with van der Waals surface area (Å²) in [6.45, 7) is 2.40. The van der Waals surface area contributed by atoms with Gasteiger partial charge in [-0.3, -0.25) is 4.79 Å². The molecule has 1 aromatic rings. The first-order valence-corrected chi connectivity index (χ1v) is 9.56. The molecule has 0 aliphatic carbocycles. The van der Waals surface area contributed by atoms with Crippen molar-refractivity contribution in [3.05, 3.63) is 15.0 Å². The van der Waals surface area contributed by atoms with Gasteiger partial charge in [0.15, 0.2) is 13.8 Å². The lowest BCUT2D eigenvalue weighted by Gasteiger charge is -2.08. The van der Waals surface area contributed by atoms with Gasteiger partial charge in [-0.15, -0.1) is 11.3 Å². The average Bonchev–Trinajstić information content (AvgIpc) is 2.68. The van der Waals surface area contributed by atoms with Crippen molar-refractivity contribution in [2.75, 3.05) is 5.75 Å². The number of carbonyl (C=O) groups is 1. The third-order valence-corrected chi connectivity index (χ3v) is 5.78. The molecule has 0 fully saturated rings. The van der Waals surface area contributed by atoms with E-state index in [9.17, 15) is 13.2 Å². The summed E-state index contributed by atoms with van der Waals surface area (Å²) < 4.78 is 26.3. The van der Waals surface area contributed by atoms with Crippen molar-refractivity contribution in [3.8, 4) is 0 Å². The van der Waals surface area contributed by atoms with Crippen molar-refractivity contribution in [1.29, 1.82) is 0 Å². The fourth-order valence-electron chi connectivity index (χ4n) is 1.76. The molecule has 8 heteroatoms. The van der Waals surface area contributed by atoms with Gasteiger partial charge in [-0.1, -0.05) is 13.3 Å². The fraction of sp³-hybridized carbons (Fsp3) is 0.667. The van der Waals surface area contributed by atoms with Gasteiger partial charge in [0.25, 0.3) is 0 Å². The number of aromatic nitrogens is 1. The third-order valence-electron chi connectivity index (χ3n) is 2.81. The Kier molecular flexibility index (Phi) is 6.84. The zero-order valence-corrected chi connectivity index (χ0v) is 13.8. The molecule has 0 bridgehead atoms. The molecule has 0 radical (unpaired) electrons. The van der Waals surface area contributed by atoms with E-state index >= 15 is 0 Å². The minimum Gasteiger partial charge on any atom is -0.481 e. The summed E-state index contributed by atoms with van der Waals surface area (Å²) >= 11 is 6.49. The Hall–Kier alpha value is -0.730. The molecule has 1 rings (SSSR count). The second kappa shape index (κ2) is 7.90. The molecule has 0 aliphatic heterocycles. The van der Waals surface area contributed by atoms with Crippen LogP contribution in [0.3, 0.4) is 0 Å². The maximum Gasteiger partial charge on any atom is 0.303 e. The van der Waals surface area contributed by atoms with E-state index in [1.54, 1.807) is 9.95 Å². The van der Waals surface area contributed by atoms with E-state index in [0.717, 1.165) is 6.42 Å². The van der Waals surface area contributed by atoms with Crippen LogP contribution in [-0.4, -0.2) is 29.8 Å². The maximum atomic E-state index is 12.0. The molecule has 0 atom stereocenters. The standard InChI is InChI=1S/C12H19NO4S3/c1-2-3-7-20(16,17)9-10-8-19-12(18)13(10)6-4-5-11(14)15/h8H,2-7,9H2,1H3,(H,14,15). The first kappa shape index (κ1) is 17.3. The summed E-state index contributed by atoms with van der Waals surface area (Å²) in [4.78, 5) is 10.5. The van der Waals surface area contributed by atoms with Gasteiger partial charge in [0, 0.05) is 24.0 Å². The lowest BCUT2D eigenvalue weighted by atomic mass is 10.3. The van der Waals surface area contributed by atoms with Crippen LogP contribution in [0.25, 0.3) is 0 Å². The summed E-state index contributed by atoms with van der Waals surface area (Å²) in [7, 11) is -3.12. The Morgan fingerprint density at radius 3 is 2.75 bits per heavy atom. The van der Waals surface area contributed by atoms with Gasteiger partial charge in [0.1, 0.15) is 0 Å².